The number of nitrogens with zero attached hydrogens (tertiary/aromatic N) is 4. The second kappa shape index (κ2) is 4.16. The van der Waals surface area contributed by atoms with E-state index in [2.05, 4.69) is 15.3 Å². The zero-order chi connectivity index (χ0) is 14.3. The van der Waals surface area contributed by atoms with Crippen LogP contribution >= 0.6 is 0 Å². The predicted molar refractivity (Wildman–Crippen MR) is 70.6 cm³/mol. The average molecular weight is 272 g/mol. The van der Waals surface area contributed by atoms with Crippen molar-refractivity contribution in [1.29, 1.82) is 0 Å². The van der Waals surface area contributed by atoms with Gasteiger partial charge in [-0.3, -0.25) is 20.0 Å². The number of fused-ring (bicyclic) bond motifs is 1. The Labute approximate surface area is 110 Å². The maximum atomic E-state index is 12.0. The number of H-pyrrole nitrogens is 1. The molecule has 20 heavy (non-hydrogen) atoms. The molecule has 2 aromatic heterocycles. The fourth-order valence-corrected chi connectivity index (χ4v) is 1.83. The molecule has 0 aliphatic rings. The predicted octanol–water partition coefficient (Wildman–Crippen LogP) is 0.599. The fourth-order valence-electron chi connectivity index (χ4n) is 1.83. The van der Waals surface area contributed by atoms with E-state index in [0.717, 1.165) is 4.68 Å². The first-order valence-electron chi connectivity index (χ1n) is 5.55. The first-order valence-corrected chi connectivity index (χ1v) is 5.55. The van der Waals surface area contributed by atoms with E-state index in [1.807, 2.05) is 0 Å². The molecule has 0 atom stereocenters. The molecular formula is C11H8N6O3. The van der Waals surface area contributed by atoms with Gasteiger partial charge in [-0.2, -0.15) is 14.9 Å². The summed E-state index contributed by atoms with van der Waals surface area (Å²) in [6, 6.07) is 6.90. The van der Waals surface area contributed by atoms with E-state index in [9.17, 15) is 14.9 Å². The van der Waals surface area contributed by atoms with Crippen molar-refractivity contribution in [2.75, 3.05) is 5.73 Å². The Kier molecular flexibility index (Phi) is 2.46. The summed E-state index contributed by atoms with van der Waals surface area (Å²) in [7, 11) is 0. The van der Waals surface area contributed by atoms with Gasteiger partial charge in [0.25, 0.3) is 11.2 Å². The topological polar surface area (TPSA) is 133 Å². The zero-order valence-corrected chi connectivity index (χ0v) is 9.98. The number of hydrogen-bond donors (Lipinski definition) is 2. The van der Waals surface area contributed by atoms with Gasteiger partial charge in [0.2, 0.25) is 0 Å². The van der Waals surface area contributed by atoms with Gasteiger partial charge in [0, 0.05) is 18.2 Å². The van der Waals surface area contributed by atoms with Gasteiger partial charge in [0.1, 0.15) is 0 Å². The summed E-state index contributed by atoms with van der Waals surface area (Å²) in [5.74, 6) is 0.152. The van der Waals surface area contributed by atoms with Crippen molar-refractivity contribution >= 4 is 22.5 Å². The Hall–Kier alpha value is -3.23. The molecule has 0 amide bonds. The van der Waals surface area contributed by atoms with Crippen molar-refractivity contribution in [3.05, 3.63) is 50.8 Å². The third kappa shape index (κ3) is 1.77. The van der Waals surface area contributed by atoms with E-state index in [1.165, 1.54) is 24.3 Å². The van der Waals surface area contributed by atoms with E-state index in [0.29, 0.717) is 11.0 Å². The van der Waals surface area contributed by atoms with Crippen molar-refractivity contribution < 1.29 is 4.92 Å². The minimum absolute atomic E-state index is 0.128. The molecule has 2 heterocycles. The third-order valence-electron chi connectivity index (χ3n) is 2.76. The molecule has 3 rings (SSSR count). The zero-order valence-electron chi connectivity index (χ0n) is 9.98. The number of non-ortho nitro benzene ring substituents is 1. The maximum Gasteiger partial charge on any atom is 0.273 e. The molecule has 100 valence electrons. The van der Waals surface area contributed by atoms with Crippen LogP contribution in [0.1, 0.15) is 0 Å². The van der Waals surface area contributed by atoms with E-state index >= 15 is 0 Å². The highest BCUT2D eigenvalue weighted by Crippen LogP contribution is 2.17. The molecule has 9 nitrogen and oxygen atoms in total. The van der Waals surface area contributed by atoms with E-state index in [-0.39, 0.29) is 17.2 Å². The number of nitro groups is 1. The SMILES string of the molecule is Nc1n[nH]c2cc(=O)n(-c3cccc([N+](=O)[O-])c3)nc12. The van der Waals surface area contributed by atoms with Gasteiger partial charge in [-0.15, -0.1) is 0 Å². The first kappa shape index (κ1) is 11.8. The van der Waals surface area contributed by atoms with E-state index in [1.54, 1.807) is 6.07 Å². The first-order chi connectivity index (χ1) is 9.56. The van der Waals surface area contributed by atoms with Crippen molar-refractivity contribution in [3.8, 4) is 5.69 Å². The van der Waals surface area contributed by atoms with Crippen molar-refractivity contribution in [2.45, 2.75) is 0 Å². The van der Waals surface area contributed by atoms with Crippen LogP contribution in [0.3, 0.4) is 0 Å². The molecule has 0 unspecified atom stereocenters. The van der Waals surface area contributed by atoms with Crippen LogP contribution in [0.4, 0.5) is 11.5 Å². The number of rotatable bonds is 2. The number of aromatic nitrogens is 4. The van der Waals surface area contributed by atoms with Crippen molar-refractivity contribution in [1.82, 2.24) is 20.0 Å². The van der Waals surface area contributed by atoms with E-state index in [4.69, 9.17) is 5.73 Å². The van der Waals surface area contributed by atoms with Crippen LogP contribution in [0.15, 0.2) is 35.1 Å². The van der Waals surface area contributed by atoms with Gasteiger partial charge >= 0.3 is 0 Å². The number of aromatic amines is 1. The fraction of sp³-hybridized carbons (Fsp3) is 0. The summed E-state index contributed by atoms with van der Waals surface area (Å²) < 4.78 is 1.04. The molecule has 0 radical (unpaired) electrons. The van der Waals surface area contributed by atoms with Gasteiger partial charge in [0.15, 0.2) is 11.3 Å². The highest BCUT2D eigenvalue weighted by atomic mass is 16.6. The highest BCUT2D eigenvalue weighted by molar-refractivity contribution is 5.83. The second-order valence-corrected chi connectivity index (χ2v) is 4.04. The van der Waals surface area contributed by atoms with Gasteiger partial charge in [-0.1, -0.05) is 6.07 Å². The summed E-state index contributed by atoms with van der Waals surface area (Å²) in [5.41, 5.74) is 6.08. The molecule has 0 saturated carbocycles. The summed E-state index contributed by atoms with van der Waals surface area (Å²) in [6.45, 7) is 0. The maximum absolute atomic E-state index is 12.0. The summed E-state index contributed by atoms with van der Waals surface area (Å²) in [5, 5.41) is 21.2. The smallest absolute Gasteiger partial charge is 0.273 e. The summed E-state index contributed by atoms with van der Waals surface area (Å²) in [4.78, 5) is 22.2. The van der Waals surface area contributed by atoms with Crippen LogP contribution in [0.5, 0.6) is 0 Å². The lowest BCUT2D eigenvalue weighted by Gasteiger charge is -2.03. The molecule has 0 saturated heterocycles. The molecule has 0 aliphatic carbocycles. The molecule has 0 bridgehead atoms. The number of nitrogens with one attached hydrogen (secondary N) is 1. The Morgan fingerprint density at radius 1 is 1.35 bits per heavy atom. The molecule has 3 aromatic rings. The number of nitrogen functional groups attached to an aromatic ring is 1. The molecule has 0 aliphatic heterocycles. The summed E-state index contributed by atoms with van der Waals surface area (Å²) >= 11 is 0. The number of anilines is 1. The molecule has 9 heteroatoms. The van der Waals surface area contributed by atoms with Gasteiger partial charge in [-0.05, 0) is 6.07 Å². The van der Waals surface area contributed by atoms with Crippen LogP contribution < -0.4 is 11.3 Å². The van der Waals surface area contributed by atoms with Crippen molar-refractivity contribution in [3.63, 3.8) is 0 Å². The quantitative estimate of drug-likeness (QED) is 0.518. The Morgan fingerprint density at radius 3 is 2.90 bits per heavy atom. The number of nitro benzene ring substituents is 1. The van der Waals surface area contributed by atoms with Crippen LogP contribution in [0.2, 0.25) is 0 Å². The number of hydrogen-bond acceptors (Lipinski definition) is 6. The molecule has 0 spiro atoms. The van der Waals surface area contributed by atoms with E-state index < -0.39 is 10.5 Å². The van der Waals surface area contributed by atoms with Gasteiger partial charge in [0.05, 0.1) is 16.1 Å². The van der Waals surface area contributed by atoms with Crippen molar-refractivity contribution in [2.24, 2.45) is 0 Å². The monoisotopic (exact) mass is 272 g/mol. The molecule has 1 aromatic carbocycles. The van der Waals surface area contributed by atoms with Crippen LogP contribution in [-0.4, -0.2) is 24.9 Å². The number of benzene rings is 1. The van der Waals surface area contributed by atoms with Crippen LogP contribution in [0.25, 0.3) is 16.7 Å². The Morgan fingerprint density at radius 2 is 2.15 bits per heavy atom. The second-order valence-electron chi connectivity index (χ2n) is 4.04. The molecular weight excluding hydrogens is 264 g/mol. The highest BCUT2D eigenvalue weighted by Gasteiger charge is 2.12. The van der Waals surface area contributed by atoms with Crippen LogP contribution in [-0.2, 0) is 0 Å². The number of nitrogens with two attached hydrogens (primary N) is 1. The normalized spacial score (nSPS) is 10.8. The largest absolute Gasteiger partial charge is 0.380 e. The summed E-state index contributed by atoms with van der Waals surface area (Å²) in [6.07, 6.45) is 0. The minimum Gasteiger partial charge on any atom is -0.380 e. The average Bonchev–Trinajstić information content (AvgIpc) is 2.79. The van der Waals surface area contributed by atoms with Gasteiger partial charge < -0.3 is 5.73 Å². The molecule has 3 N–H and O–H groups in total. The lowest BCUT2D eigenvalue weighted by molar-refractivity contribution is -0.384. The molecule has 0 fully saturated rings. The Bertz CT molecular complexity index is 881. The lowest BCUT2D eigenvalue weighted by atomic mass is 10.3. The lowest BCUT2D eigenvalue weighted by Crippen LogP contribution is -2.20. The third-order valence-corrected chi connectivity index (χ3v) is 2.76. The minimum atomic E-state index is -0.542. The van der Waals surface area contributed by atoms with Gasteiger partial charge in [-0.25, -0.2) is 0 Å². The Balaban J connectivity index is 2.25. The standard InChI is InChI=1S/C11H8N6O3/c12-11-10-8(13-14-11)5-9(18)16(15-10)6-2-1-3-7(4-6)17(19)20/h1-5,13H,(H2,12,14). The van der Waals surface area contributed by atoms with Crippen LogP contribution in [0, 0.1) is 10.1 Å².